The minimum atomic E-state index is -3.61. The van der Waals surface area contributed by atoms with Gasteiger partial charge in [-0.05, 0) is 37.5 Å². The second kappa shape index (κ2) is 7.17. The highest BCUT2D eigenvalue weighted by atomic mass is 32.2. The van der Waals surface area contributed by atoms with E-state index in [-0.39, 0.29) is 5.92 Å². The molecule has 1 aromatic carbocycles. The average molecular weight is 419 g/mol. The van der Waals surface area contributed by atoms with Crippen LogP contribution in [0.25, 0.3) is 4.96 Å². The fraction of sp³-hybridized carbons (Fsp3) is 0.450. The van der Waals surface area contributed by atoms with Crippen LogP contribution >= 0.6 is 11.3 Å². The number of fused-ring (bicyclic) bond motifs is 1. The summed E-state index contributed by atoms with van der Waals surface area (Å²) in [5.41, 5.74) is 3.02. The van der Waals surface area contributed by atoms with Crippen molar-refractivity contribution in [2.24, 2.45) is 0 Å². The van der Waals surface area contributed by atoms with Crippen LogP contribution in [0.5, 0.6) is 0 Å². The molecule has 0 bridgehead atoms. The summed E-state index contributed by atoms with van der Waals surface area (Å²) in [6.45, 7) is 10.4. The first-order valence-corrected chi connectivity index (χ1v) is 11.8. The minimum absolute atomic E-state index is 0.0470. The highest BCUT2D eigenvalue weighted by molar-refractivity contribution is 7.89. The van der Waals surface area contributed by atoms with Crippen LogP contribution in [0.2, 0.25) is 0 Å². The Morgan fingerprint density at radius 2 is 1.82 bits per heavy atom. The van der Waals surface area contributed by atoms with Gasteiger partial charge in [-0.15, -0.1) is 11.3 Å². The number of piperazine rings is 1. The van der Waals surface area contributed by atoms with Gasteiger partial charge in [-0.3, -0.25) is 4.40 Å². The molecule has 28 heavy (non-hydrogen) atoms. The van der Waals surface area contributed by atoms with Crippen molar-refractivity contribution < 1.29 is 8.42 Å². The summed E-state index contributed by atoms with van der Waals surface area (Å²) in [5.74, 6) is 0.0470. The maximum atomic E-state index is 13.5. The van der Waals surface area contributed by atoms with Crippen molar-refractivity contribution in [1.29, 1.82) is 0 Å². The van der Waals surface area contributed by atoms with Gasteiger partial charge in [0.05, 0.1) is 5.69 Å². The van der Waals surface area contributed by atoms with Gasteiger partial charge in [-0.1, -0.05) is 26.0 Å². The van der Waals surface area contributed by atoms with Crippen molar-refractivity contribution in [3.8, 4) is 0 Å². The van der Waals surface area contributed by atoms with Crippen LogP contribution < -0.4 is 4.90 Å². The zero-order valence-electron chi connectivity index (χ0n) is 16.7. The molecule has 1 aliphatic rings. The fourth-order valence-electron chi connectivity index (χ4n) is 3.72. The molecule has 1 aliphatic heterocycles. The standard InChI is InChI=1S/C20H26N4O2S2/c1-14(2)18-19(24-13-16(4)27-20(24)21-18)28(25,26)23-10-8-22(9-11-23)17-7-5-6-15(3)12-17/h5-7,12-14H,8-11H2,1-4H3. The van der Waals surface area contributed by atoms with E-state index >= 15 is 0 Å². The van der Waals surface area contributed by atoms with Crippen LogP contribution in [-0.4, -0.2) is 48.3 Å². The highest BCUT2D eigenvalue weighted by Gasteiger charge is 2.35. The molecule has 0 N–H and O–H groups in total. The summed E-state index contributed by atoms with van der Waals surface area (Å²) >= 11 is 1.53. The molecule has 3 heterocycles. The van der Waals surface area contributed by atoms with Crippen LogP contribution in [0.3, 0.4) is 0 Å². The van der Waals surface area contributed by atoms with Gasteiger partial charge >= 0.3 is 0 Å². The largest absolute Gasteiger partial charge is 0.369 e. The number of sulfonamides is 1. The Bertz CT molecular complexity index is 1110. The molecule has 6 nitrogen and oxygen atoms in total. The molecule has 8 heteroatoms. The van der Waals surface area contributed by atoms with E-state index in [0.717, 1.165) is 15.5 Å². The Kier molecular flexibility index (Phi) is 4.97. The zero-order chi connectivity index (χ0) is 20.1. The first-order chi connectivity index (χ1) is 13.3. The molecule has 0 radical (unpaired) electrons. The molecule has 0 unspecified atom stereocenters. The molecule has 0 spiro atoms. The smallest absolute Gasteiger partial charge is 0.261 e. The Labute approximate surface area is 170 Å². The third kappa shape index (κ3) is 3.33. The maximum Gasteiger partial charge on any atom is 0.261 e. The van der Waals surface area contributed by atoms with Crippen LogP contribution in [0, 0.1) is 13.8 Å². The first kappa shape index (κ1) is 19.4. The van der Waals surface area contributed by atoms with E-state index in [1.54, 1.807) is 8.71 Å². The number of imidazole rings is 1. The number of thiazole rings is 1. The number of rotatable bonds is 4. The first-order valence-electron chi connectivity index (χ1n) is 9.57. The summed E-state index contributed by atoms with van der Waals surface area (Å²) in [6.07, 6.45) is 1.88. The molecule has 0 amide bonds. The van der Waals surface area contributed by atoms with Crippen molar-refractivity contribution >= 4 is 32.0 Å². The lowest BCUT2D eigenvalue weighted by Gasteiger charge is -2.35. The van der Waals surface area contributed by atoms with Crippen molar-refractivity contribution in [1.82, 2.24) is 13.7 Å². The molecule has 0 aliphatic carbocycles. The van der Waals surface area contributed by atoms with Gasteiger partial charge in [0.2, 0.25) is 0 Å². The third-order valence-corrected chi connectivity index (χ3v) is 8.00. The van der Waals surface area contributed by atoms with Crippen molar-refractivity contribution in [2.45, 2.75) is 38.6 Å². The lowest BCUT2D eigenvalue weighted by molar-refractivity contribution is 0.382. The molecule has 0 saturated carbocycles. The van der Waals surface area contributed by atoms with Gasteiger partial charge in [0.25, 0.3) is 10.0 Å². The topological polar surface area (TPSA) is 57.9 Å². The SMILES string of the molecule is Cc1cccc(N2CCN(S(=O)(=O)c3c(C(C)C)nc4sc(C)cn34)CC2)c1. The van der Waals surface area contributed by atoms with E-state index in [1.807, 2.05) is 33.0 Å². The Hall–Kier alpha value is -1.90. The van der Waals surface area contributed by atoms with Crippen molar-refractivity contribution in [2.75, 3.05) is 31.1 Å². The quantitative estimate of drug-likeness (QED) is 0.649. The van der Waals surface area contributed by atoms with Gasteiger partial charge in [0.1, 0.15) is 0 Å². The van der Waals surface area contributed by atoms with E-state index in [9.17, 15) is 8.42 Å². The molecule has 4 rings (SSSR count). The molecular formula is C20H26N4O2S2. The number of benzene rings is 1. The summed E-state index contributed by atoms with van der Waals surface area (Å²) in [5, 5.41) is 0.339. The van der Waals surface area contributed by atoms with Gasteiger partial charge in [0, 0.05) is 42.9 Å². The summed E-state index contributed by atoms with van der Waals surface area (Å²) in [6, 6.07) is 8.36. The van der Waals surface area contributed by atoms with Crippen LogP contribution in [0.1, 0.15) is 35.9 Å². The number of hydrogen-bond donors (Lipinski definition) is 0. The lowest BCUT2D eigenvalue weighted by Crippen LogP contribution is -2.49. The second-order valence-corrected chi connectivity index (χ2v) is 10.7. The molecular weight excluding hydrogens is 392 g/mol. The van der Waals surface area contributed by atoms with Crippen molar-refractivity contribution in [3.63, 3.8) is 0 Å². The van der Waals surface area contributed by atoms with E-state index < -0.39 is 10.0 Å². The number of hydrogen-bond acceptors (Lipinski definition) is 5. The lowest BCUT2D eigenvalue weighted by atomic mass is 10.2. The summed E-state index contributed by atoms with van der Waals surface area (Å²) in [7, 11) is -3.61. The van der Waals surface area contributed by atoms with E-state index in [0.29, 0.717) is 36.9 Å². The molecule has 2 aromatic heterocycles. The molecule has 0 atom stereocenters. The molecule has 3 aromatic rings. The van der Waals surface area contributed by atoms with Gasteiger partial charge in [-0.25, -0.2) is 13.4 Å². The Morgan fingerprint density at radius 3 is 2.46 bits per heavy atom. The predicted octanol–water partition coefficient (Wildman–Crippen LogP) is 3.65. The third-order valence-electron chi connectivity index (χ3n) is 5.16. The van der Waals surface area contributed by atoms with Crippen LogP contribution in [0.4, 0.5) is 5.69 Å². The van der Waals surface area contributed by atoms with Gasteiger partial charge < -0.3 is 4.90 Å². The predicted molar refractivity (Wildman–Crippen MR) is 114 cm³/mol. The number of nitrogens with zero attached hydrogens (tertiary/aromatic N) is 4. The van der Waals surface area contributed by atoms with Gasteiger partial charge in [0.15, 0.2) is 9.99 Å². The highest BCUT2D eigenvalue weighted by Crippen LogP contribution is 2.31. The van der Waals surface area contributed by atoms with E-state index in [4.69, 9.17) is 0 Å². The minimum Gasteiger partial charge on any atom is -0.369 e. The summed E-state index contributed by atoms with van der Waals surface area (Å²) < 4.78 is 30.5. The monoisotopic (exact) mass is 418 g/mol. The Morgan fingerprint density at radius 1 is 1.11 bits per heavy atom. The van der Waals surface area contributed by atoms with Crippen molar-refractivity contribution in [3.05, 3.63) is 46.6 Å². The average Bonchev–Trinajstić information content (AvgIpc) is 3.18. The van der Waals surface area contributed by atoms with E-state index in [1.165, 1.54) is 16.9 Å². The number of aromatic nitrogens is 2. The maximum absolute atomic E-state index is 13.5. The summed E-state index contributed by atoms with van der Waals surface area (Å²) in [4.78, 5) is 8.69. The van der Waals surface area contributed by atoms with Gasteiger partial charge in [-0.2, -0.15) is 4.31 Å². The Balaban J connectivity index is 1.63. The molecule has 1 saturated heterocycles. The molecule has 1 fully saturated rings. The van der Waals surface area contributed by atoms with Crippen LogP contribution in [-0.2, 0) is 10.0 Å². The second-order valence-electron chi connectivity index (χ2n) is 7.68. The fourth-order valence-corrected chi connectivity index (χ4v) is 6.43. The van der Waals surface area contributed by atoms with E-state index in [2.05, 4.69) is 35.0 Å². The number of anilines is 1. The zero-order valence-corrected chi connectivity index (χ0v) is 18.3. The normalized spacial score (nSPS) is 16.4. The van der Waals surface area contributed by atoms with Crippen LogP contribution in [0.15, 0.2) is 35.5 Å². The molecule has 150 valence electrons. The number of aryl methyl sites for hydroxylation is 2.